The molecule has 0 saturated heterocycles. The molecular weight excluding hydrogens is 270 g/mol. The molecule has 0 fully saturated rings. The smallest absolute Gasteiger partial charge is 0.162 e. The lowest BCUT2D eigenvalue weighted by Gasteiger charge is -2.03. The topological polar surface area (TPSA) is 30.2 Å². The van der Waals surface area contributed by atoms with E-state index < -0.39 is 0 Å². The first-order valence-corrected chi connectivity index (χ1v) is 7.27. The summed E-state index contributed by atoms with van der Waals surface area (Å²) in [6.07, 6.45) is 5.81. The van der Waals surface area contributed by atoms with E-state index in [1.54, 1.807) is 0 Å². The molecule has 0 aliphatic carbocycles. The van der Waals surface area contributed by atoms with Crippen molar-refractivity contribution in [1.82, 2.24) is 14.6 Å². The molecule has 0 atom stereocenters. The number of aromatic nitrogens is 3. The van der Waals surface area contributed by atoms with Crippen molar-refractivity contribution < 1.29 is 0 Å². The predicted octanol–water partition coefficient (Wildman–Crippen LogP) is 4.37. The number of benzene rings is 2. The lowest BCUT2D eigenvalue weighted by atomic mass is 10.1. The van der Waals surface area contributed by atoms with Crippen LogP contribution in [0.1, 0.15) is 5.56 Å². The molecule has 0 saturated carbocycles. The number of fused-ring (bicyclic) bond motifs is 1. The summed E-state index contributed by atoms with van der Waals surface area (Å²) in [5.41, 5.74) is 6.53. The number of rotatable bonds is 2. The van der Waals surface area contributed by atoms with Gasteiger partial charge in [-0.2, -0.15) is 5.10 Å². The van der Waals surface area contributed by atoms with Gasteiger partial charge < -0.3 is 0 Å². The van der Waals surface area contributed by atoms with Crippen molar-refractivity contribution >= 4 is 5.65 Å². The molecule has 0 spiro atoms. The molecule has 0 bridgehead atoms. The number of nitrogens with zero attached hydrogens (tertiary/aromatic N) is 3. The molecular formula is C19H15N3. The van der Waals surface area contributed by atoms with E-state index >= 15 is 0 Å². The van der Waals surface area contributed by atoms with Gasteiger partial charge in [0.25, 0.3) is 0 Å². The Morgan fingerprint density at radius 3 is 2.32 bits per heavy atom. The molecule has 2 aromatic heterocycles. The van der Waals surface area contributed by atoms with Gasteiger partial charge in [-0.15, -0.1) is 0 Å². The zero-order chi connectivity index (χ0) is 14.9. The quantitative estimate of drug-likeness (QED) is 0.547. The van der Waals surface area contributed by atoms with Crippen LogP contribution in [0.2, 0.25) is 0 Å². The summed E-state index contributed by atoms with van der Waals surface area (Å²) in [6, 6.07) is 18.7. The molecule has 106 valence electrons. The van der Waals surface area contributed by atoms with Gasteiger partial charge in [0, 0.05) is 23.5 Å². The summed E-state index contributed by atoms with van der Waals surface area (Å²) < 4.78 is 1.84. The van der Waals surface area contributed by atoms with Gasteiger partial charge in [0.05, 0.1) is 6.20 Å². The van der Waals surface area contributed by atoms with Gasteiger partial charge in [0.2, 0.25) is 0 Å². The summed E-state index contributed by atoms with van der Waals surface area (Å²) in [5, 5.41) is 4.45. The molecule has 4 rings (SSSR count). The summed E-state index contributed by atoms with van der Waals surface area (Å²) in [4.78, 5) is 4.62. The molecule has 0 aliphatic heterocycles. The van der Waals surface area contributed by atoms with Gasteiger partial charge in [-0.3, -0.25) is 0 Å². The van der Waals surface area contributed by atoms with Crippen LogP contribution in [0.25, 0.3) is 27.9 Å². The second kappa shape index (κ2) is 5.11. The van der Waals surface area contributed by atoms with Crippen LogP contribution in [-0.4, -0.2) is 14.6 Å². The third-order valence-electron chi connectivity index (χ3n) is 3.83. The maximum absolute atomic E-state index is 4.62. The van der Waals surface area contributed by atoms with E-state index in [2.05, 4.69) is 53.4 Å². The highest BCUT2D eigenvalue weighted by atomic mass is 15.2. The molecule has 0 N–H and O–H groups in total. The Balaban J connectivity index is 1.82. The molecule has 4 aromatic rings. The van der Waals surface area contributed by atoms with Crippen LogP contribution in [-0.2, 0) is 0 Å². The maximum Gasteiger partial charge on any atom is 0.162 e. The van der Waals surface area contributed by atoms with Gasteiger partial charge in [0.1, 0.15) is 0 Å². The van der Waals surface area contributed by atoms with Gasteiger partial charge >= 0.3 is 0 Å². The zero-order valence-electron chi connectivity index (χ0n) is 12.3. The van der Waals surface area contributed by atoms with Gasteiger partial charge in [0.15, 0.2) is 5.65 Å². The lowest BCUT2D eigenvalue weighted by molar-refractivity contribution is 0.941. The molecule has 0 radical (unpaired) electrons. The average molecular weight is 285 g/mol. The highest BCUT2D eigenvalue weighted by molar-refractivity contribution is 5.77. The molecule has 0 amide bonds. The minimum atomic E-state index is 0.877. The Hall–Kier alpha value is -2.94. The highest BCUT2D eigenvalue weighted by Gasteiger charge is 2.08. The number of hydrogen-bond donors (Lipinski definition) is 0. The number of hydrogen-bond acceptors (Lipinski definition) is 2. The van der Waals surface area contributed by atoms with Gasteiger partial charge in [-0.25, -0.2) is 9.50 Å². The minimum absolute atomic E-state index is 0.877. The highest BCUT2D eigenvalue weighted by Crippen LogP contribution is 2.25. The molecule has 0 aliphatic rings. The number of aryl methyl sites for hydroxylation is 1. The minimum Gasteiger partial charge on any atom is -0.236 e. The normalized spacial score (nSPS) is 11.0. The van der Waals surface area contributed by atoms with E-state index in [0.29, 0.717) is 0 Å². The Bertz CT molecular complexity index is 922. The summed E-state index contributed by atoms with van der Waals surface area (Å²) in [6.45, 7) is 2.09. The third-order valence-corrected chi connectivity index (χ3v) is 3.83. The molecule has 3 nitrogen and oxygen atoms in total. The molecule has 2 aromatic carbocycles. The Morgan fingerprint density at radius 1 is 0.773 bits per heavy atom. The van der Waals surface area contributed by atoms with Crippen molar-refractivity contribution in [2.24, 2.45) is 0 Å². The van der Waals surface area contributed by atoms with Crippen molar-refractivity contribution in [2.75, 3.05) is 0 Å². The average Bonchev–Trinajstić information content (AvgIpc) is 2.99. The SMILES string of the molecule is Cc1ccc(-c2cnc3c(-c4ccccc4)cnn3c2)cc1. The zero-order valence-corrected chi connectivity index (χ0v) is 12.3. The monoisotopic (exact) mass is 285 g/mol. The van der Waals surface area contributed by atoms with Crippen molar-refractivity contribution in [1.29, 1.82) is 0 Å². The summed E-state index contributed by atoms with van der Waals surface area (Å²) >= 11 is 0. The Morgan fingerprint density at radius 2 is 1.55 bits per heavy atom. The molecule has 3 heteroatoms. The van der Waals surface area contributed by atoms with Gasteiger partial charge in [-0.05, 0) is 18.1 Å². The van der Waals surface area contributed by atoms with Crippen molar-refractivity contribution in [3.8, 4) is 22.3 Å². The standard InChI is InChI=1S/C19H15N3/c1-14-7-9-15(10-8-14)17-11-20-19-18(12-21-22(19)13-17)16-5-3-2-4-6-16/h2-13H,1H3. The summed E-state index contributed by atoms with van der Waals surface area (Å²) in [7, 11) is 0. The van der Waals surface area contributed by atoms with Crippen LogP contribution in [0.4, 0.5) is 0 Å². The predicted molar refractivity (Wildman–Crippen MR) is 88.6 cm³/mol. The molecule has 0 unspecified atom stereocenters. The van der Waals surface area contributed by atoms with Crippen molar-refractivity contribution in [2.45, 2.75) is 6.92 Å². The van der Waals surface area contributed by atoms with E-state index in [0.717, 1.165) is 27.9 Å². The van der Waals surface area contributed by atoms with Crippen molar-refractivity contribution in [3.63, 3.8) is 0 Å². The molecule has 2 heterocycles. The first kappa shape index (κ1) is 12.8. The van der Waals surface area contributed by atoms with Crippen LogP contribution in [0.3, 0.4) is 0 Å². The van der Waals surface area contributed by atoms with Crippen molar-refractivity contribution in [3.05, 3.63) is 78.8 Å². The van der Waals surface area contributed by atoms with Crippen LogP contribution >= 0.6 is 0 Å². The third kappa shape index (κ3) is 2.17. The van der Waals surface area contributed by atoms with Crippen LogP contribution < -0.4 is 0 Å². The second-order valence-corrected chi connectivity index (χ2v) is 5.40. The first-order valence-electron chi connectivity index (χ1n) is 7.27. The van der Waals surface area contributed by atoms with E-state index in [-0.39, 0.29) is 0 Å². The Labute approximate surface area is 128 Å². The fraction of sp³-hybridized carbons (Fsp3) is 0.0526. The molecule has 22 heavy (non-hydrogen) atoms. The Kier molecular flexibility index (Phi) is 2.97. The van der Waals surface area contributed by atoms with E-state index in [1.165, 1.54) is 5.56 Å². The lowest BCUT2D eigenvalue weighted by Crippen LogP contribution is -1.92. The fourth-order valence-corrected chi connectivity index (χ4v) is 2.59. The summed E-state index contributed by atoms with van der Waals surface area (Å²) in [5.74, 6) is 0. The van der Waals surface area contributed by atoms with Gasteiger partial charge in [-0.1, -0.05) is 60.2 Å². The van der Waals surface area contributed by atoms with Crippen LogP contribution in [0.5, 0.6) is 0 Å². The largest absolute Gasteiger partial charge is 0.236 e. The second-order valence-electron chi connectivity index (χ2n) is 5.40. The maximum atomic E-state index is 4.62. The van der Waals surface area contributed by atoms with E-state index in [1.807, 2.05) is 41.3 Å². The van der Waals surface area contributed by atoms with Crippen LogP contribution in [0, 0.1) is 6.92 Å². The van der Waals surface area contributed by atoms with E-state index in [4.69, 9.17) is 0 Å². The fourth-order valence-electron chi connectivity index (χ4n) is 2.59. The first-order chi connectivity index (χ1) is 10.8. The van der Waals surface area contributed by atoms with E-state index in [9.17, 15) is 0 Å². The van der Waals surface area contributed by atoms with Crippen LogP contribution in [0.15, 0.2) is 73.2 Å².